The van der Waals surface area contributed by atoms with Crippen LogP contribution in [0.15, 0.2) is 30.3 Å². The van der Waals surface area contributed by atoms with E-state index in [-0.39, 0.29) is 11.5 Å². The molecule has 0 atom stereocenters. The summed E-state index contributed by atoms with van der Waals surface area (Å²) in [5, 5.41) is 20.1. The van der Waals surface area contributed by atoms with Gasteiger partial charge in [-0.05, 0) is 49.1 Å². The molecule has 1 aliphatic carbocycles. The Balaban J connectivity index is 1.81. The van der Waals surface area contributed by atoms with Crippen LogP contribution in [0.25, 0.3) is 22.2 Å². The van der Waals surface area contributed by atoms with Gasteiger partial charge in [0.25, 0.3) is 0 Å². The Morgan fingerprint density at radius 1 is 1.31 bits per heavy atom. The van der Waals surface area contributed by atoms with Crippen LogP contribution in [-0.2, 0) is 4.79 Å². The summed E-state index contributed by atoms with van der Waals surface area (Å²) < 4.78 is 5.86. The lowest BCUT2D eigenvalue weighted by Crippen LogP contribution is -2.13. The first-order valence-electron chi connectivity index (χ1n) is 9.22. The van der Waals surface area contributed by atoms with Crippen molar-refractivity contribution in [2.24, 2.45) is 11.7 Å². The van der Waals surface area contributed by atoms with Crippen molar-refractivity contribution < 1.29 is 14.3 Å². The van der Waals surface area contributed by atoms with E-state index < -0.39 is 5.91 Å². The number of carbonyl (C=O) groups is 2. The molecule has 0 unspecified atom stereocenters. The number of aromatic nitrogens is 2. The molecule has 1 fully saturated rings. The van der Waals surface area contributed by atoms with Gasteiger partial charge in [-0.15, -0.1) is 0 Å². The van der Waals surface area contributed by atoms with Gasteiger partial charge in [0, 0.05) is 29.1 Å². The molecule has 4 N–H and O–H groups in total. The standard InChI is InChI=1S/C21H19N5O3/c1-11(27)24-16-5-13(4-14(6-16)21(23)28)20-17-8-19(29-10-12-2-3-12)15(9-22)7-18(17)25-26-20/h4-8,12H,2-3,10H2,1H3,(H2,23,28)(H,24,27)(H,25,26). The van der Waals surface area contributed by atoms with Gasteiger partial charge < -0.3 is 15.8 Å². The summed E-state index contributed by atoms with van der Waals surface area (Å²) in [7, 11) is 0. The van der Waals surface area contributed by atoms with Crippen molar-refractivity contribution in [2.75, 3.05) is 11.9 Å². The maximum Gasteiger partial charge on any atom is 0.248 e. The zero-order valence-corrected chi connectivity index (χ0v) is 15.8. The van der Waals surface area contributed by atoms with Crippen molar-refractivity contribution >= 4 is 28.4 Å². The Hall–Kier alpha value is -3.86. The molecule has 4 rings (SSSR count). The van der Waals surface area contributed by atoms with E-state index in [9.17, 15) is 14.9 Å². The van der Waals surface area contributed by atoms with Crippen LogP contribution in [0.2, 0.25) is 0 Å². The number of fused-ring (bicyclic) bond motifs is 1. The third kappa shape index (κ3) is 3.89. The molecule has 1 heterocycles. The van der Waals surface area contributed by atoms with Gasteiger partial charge in [-0.3, -0.25) is 14.7 Å². The molecule has 0 radical (unpaired) electrons. The summed E-state index contributed by atoms with van der Waals surface area (Å²) in [6.07, 6.45) is 2.29. The van der Waals surface area contributed by atoms with Gasteiger partial charge in [0.1, 0.15) is 17.5 Å². The van der Waals surface area contributed by atoms with E-state index in [1.54, 1.807) is 24.3 Å². The minimum Gasteiger partial charge on any atom is -0.492 e. The van der Waals surface area contributed by atoms with Crippen LogP contribution < -0.4 is 15.8 Å². The van der Waals surface area contributed by atoms with E-state index in [0.29, 0.717) is 46.3 Å². The summed E-state index contributed by atoms with van der Waals surface area (Å²) in [6, 6.07) is 10.5. The second-order valence-corrected chi connectivity index (χ2v) is 7.18. The highest BCUT2D eigenvalue weighted by Crippen LogP contribution is 2.35. The number of nitrogens with zero attached hydrogens (tertiary/aromatic N) is 2. The summed E-state index contributed by atoms with van der Waals surface area (Å²) in [4.78, 5) is 23.2. The molecule has 0 spiro atoms. The van der Waals surface area contributed by atoms with Gasteiger partial charge in [-0.25, -0.2) is 0 Å². The number of anilines is 1. The number of amides is 2. The fourth-order valence-electron chi connectivity index (χ4n) is 3.15. The Morgan fingerprint density at radius 3 is 2.76 bits per heavy atom. The Bertz CT molecular complexity index is 1170. The van der Waals surface area contributed by atoms with Crippen molar-refractivity contribution in [2.45, 2.75) is 19.8 Å². The van der Waals surface area contributed by atoms with Gasteiger partial charge >= 0.3 is 0 Å². The van der Waals surface area contributed by atoms with E-state index >= 15 is 0 Å². The van der Waals surface area contributed by atoms with Crippen LogP contribution in [0.4, 0.5) is 5.69 Å². The highest BCUT2D eigenvalue weighted by molar-refractivity contribution is 6.00. The Morgan fingerprint density at radius 2 is 2.10 bits per heavy atom. The minimum atomic E-state index is -0.612. The topological polar surface area (TPSA) is 134 Å². The summed E-state index contributed by atoms with van der Waals surface area (Å²) in [5.74, 6) is 0.175. The number of hydrogen-bond donors (Lipinski definition) is 3. The van der Waals surface area contributed by atoms with E-state index in [0.717, 1.165) is 18.2 Å². The highest BCUT2D eigenvalue weighted by atomic mass is 16.5. The molecule has 0 aliphatic heterocycles. The number of carbonyl (C=O) groups excluding carboxylic acids is 2. The quantitative estimate of drug-likeness (QED) is 0.596. The van der Waals surface area contributed by atoms with Gasteiger partial charge in [0.05, 0.1) is 17.7 Å². The van der Waals surface area contributed by atoms with E-state index in [1.165, 1.54) is 13.0 Å². The molecule has 0 bridgehead atoms. The van der Waals surface area contributed by atoms with E-state index in [1.807, 2.05) is 0 Å². The fraction of sp³-hybridized carbons (Fsp3) is 0.238. The molecule has 1 aliphatic rings. The Kier molecular flexibility index (Phi) is 4.64. The third-order valence-corrected chi connectivity index (χ3v) is 4.77. The maximum atomic E-state index is 11.7. The first-order chi connectivity index (χ1) is 13.9. The molecule has 29 heavy (non-hydrogen) atoms. The predicted molar refractivity (Wildman–Crippen MR) is 107 cm³/mol. The van der Waals surface area contributed by atoms with Crippen LogP contribution in [0.3, 0.4) is 0 Å². The second-order valence-electron chi connectivity index (χ2n) is 7.18. The molecule has 2 aromatic carbocycles. The summed E-state index contributed by atoms with van der Waals surface area (Å²) in [6.45, 7) is 1.96. The molecular formula is C21H19N5O3. The summed E-state index contributed by atoms with van der Waals surface area (Å²) >= 11 is 0. The van der Waals surface area contributed by atoms with Crippen LogP contribution in [0, 0.1) is 17.2 Å². The third-order valence-electron chi connectivity index (χ3n) is 4.77. The van der Waals surface area contributed by atoms with E-state index in [2.05, 4.69) is 21.6 Å². The minimum absolute atomic E-state index is 0.251. The number of hydrogen-bond acceptors (Lipinski definition) is 5. The molecule has 8 heteroatoms. The first kappa shape index (κ1) is 18.5. The zero-order valence-electron chi connectivity index (χ0n) is 15.8. The normalized spacial score (nSPS) is 13.1. The van der Waals surface area contributed by atoms with Crippen LogP contribution >= 0.6 is 0 Å². The Labute approximate surface area is 166 Å². The average Bonchev–Trinajstić information content (AvgIpc) is 3.42. The van der Waals surface area contributed by atoms with Gasteiger partial charge in [0.2, 0.25) is 11.8 Å². The average molecular weight is 389 g/mol. The SMILES string of the molecule is CC(=O)Nc1cc(C(N)=O)cc(-c2n[nH]c3cc(C#N)c(OCC4CC4)cc23)c1. The predicted octanol–water partition coefficient (Wildman–Crippen LogP) is 2.95. The summed E-state index contributed by atoms with van der Waals surface area (Å²) in [5.41, 5.74) is 8.41. The zero-order chi connectivity index (χ0) is 20.5. The number of primary amides is 1. The molecule has 146 valence electrons. The lowest BCUT2D eigenvalue weighted by Gasteiger charge is -2.09. The molecular weight excluding hydrogens is 370 g/mol. The van der Waals surface area contributed by atoms with Crippen LogP contribution in [0.5, 0.6) is 5.75 Å². The van der Waals surface area contributed by atoms with Gasteiger partial charge in [-0.1, -0.05) is 0 Å². The number of nitrogens with two attached hydrogens (primary N) is 1. The van der Waals surface area contributed by atoms with Crippen molar-refractivity contribution in [1.29, 1.82) is 5.26 Å². The lowest BCUT2D eigenvalue weighted by molar-refractivity contribution is -0.114. The molecule has 2 amide bonds. The number of nitriles is 1. The monoisotopic (exact) mass is 389 g/mol. The number of H-pyrrole nitrogens is 1. The first-order valence-corrected chi connectivity index (χ1v) is 9.22. The fourth-order valence-corrected chi connectivity index (χ4v) is 3.15. The molecule has 3 aromatic rings. The molecule has 1 saturated carbocycles. The van der Waals surface area contributed by atoms with Crippen molar-refractivity contribution in [3.63, 3.8) is 0 Å². The van der Waals surface area contributed by atoms with Gasteiger partial charge in [0.15, 0.2) is 0 Å². The second kappa shape index (κ2) is 7.28. The number of rotatable bonds is 6. The molecule has 0 saturated heterocycles. The highest BCUT2D eigenvalue weighted by Gasteiger charge is 2.23. The van der Waals surface area contributed by atoms with E-state index in [4.69, 9.17) is 10.5 Å². The van der Waals surface area contributed by atoms with Crippen molar-refractivity contribution in [3.05, 3.63) is 41.5 Å². The molecule has 1 aromatic heterocycles. The molecule has 8 nitrogen and oxygen atoms in total. The largest absolute Gasteiger partial charge is 0.492 e. The number of nitrogens with one attached hydrogen (secondary N) is 2. The van der Waals surface area contributed by atoms with Crippen molar-refractivity contribution in [3.8, 4) is 23.1 Å². The number of benzene rings is 2. The van der Waals surface area contributed by atoms with Crippen molar-refractivity contribution in [1.82, 2.24) is 10.2 Å². The maximum absolute atomic E-state index is 11.7. The number of aromatic amines is 1. The van der Waals surface area contributed by atoms with Crippen LogP contribution in [0.1, 0.15) is 35.7 Å². The number of ether oxygens (including phenoxy) is 1. The lowest BCUT2D eigenvalue weighted by atomic mass is 10.0. The smallest absolute Gasteiger partial charge is 0.248 e. The van der Waals surface area contributed by atoms with Crippen LogP contribution in [-0.4, -0.2) is 28.6 Å². The van der Waals surface area contributed by atoms with Gasteiger partial charge in [-0.2, -0.15) is 10.4 Å².